The number of methoxy groups -OCH3 is 1. The van der Waals surface area contributed by atoms with Crippen molar-refractivity contribution < 1.29 is 52.3 Å². The maximum absolute atomic E-state index is 12.8. The van der Waals surface area contributed by atoms with E-state index in [9.17, 15) is 19.2 Å². The van der Waals surface area contributed by atoms with Crippen LogP contribution >= 0.6 is 0 Å². The van der Waals surface area contributed by atoms with Gasteiger partial charge < -0.3 is 38.9 Å². The Morgan fingerprint density at radius 1 is 0.762 bits per heavy atom. The Morgan fingerprint density at radius 3 is 1.81 bits per heavy atom. The van der Waals surface area contributed by atoms with Crippen molar-refractivity contribution in [2.24, 2.45) is 23.5 Å². The molecule has 0 saturated carbocycles. The van der Waals surface area contributed by atoms with E-state index in [4.69, 9.17) is 38.9 Å². The van der Waals surface area contributed by atoms with E-state index < -0.39 is 36.1 Å². The molecule has 0 aromatic heterocycles. The summed E-state index contributed by atoms with van der Waals surface area (Å²) in [7, 11) is 1.19. The fraction of sp³-hybridized carbons (Fsp3) is 0.667. The van der Waals surface area contributed by atoms with Gasteiger partial charge in [-0.25, -0.2) is 14.4 Å². The first-order valence-corrected chi connectivity index (χ1v) is 14.2. The van der Waals surface area contributed by atoms with E-state index in [0.717, 1.165) is 0 Å². The van der Waals surface area contributed by atoms with Gasteiger partial charge in [0.25, 0.3) is 0 Å². The topological polar surface area (TPSA) is 159 Å². The van der Waals surface area contributed by atoms with Crippen LogP contribution in [0.15, 0.2) is 18.2 Å². The van der Waals surface area contributed by atoms with Gasteiger partial charge >= 0.3 is 24.4 Å². The molecule has 0 amide bonds. The standard InChI is InChI=1S/C30H47NO11/c1-19(2)11-13-37-27(33)41-24-10-9-23(15-25(24)42-28(34)38-14-12-20(3)4)17-30(31,26(32)36-8)16-22(7)40-29(35)39-18-21(5)6/h9-10,15,19-22H,11-14,16-18,31H2,1-8H3/t22-,30?/m0/s1. The Hall–Kier alpha value is -3.54. The molecule has 238 valence electrons. The zero-order chi connectivity index (χ0) is 31.9. The minimum absolute atomic E-state index is 0.0978. The van der Waals surface area contributed by atoms with Crippen LogP contribution < -0.4 is 15.2 Å². The maximum Gasteiger partial charge on any atom is 0.513 e. The molecule has 0 heterocycles. The van der Waals surface area contributed by atoms with E-state index in [2.05, 4.69) is 0 Å². The zero-order valence-corrected chi connectivity index (χ0v) is 26.1. The van der Waals surface area contributed by atoms with Crippen molar-refractivity contribution >= 4 is 24.4 Å². The van der Waals surface area contributed by atoms with Crippen molar-refractivity contribution in [1.82, 2.24) is 0 Å². The predicted octanol–water partition coefficient (Wildman–Crippen LogP) is 5.81. The fourth-order valence-electron chi connectivity index (χ4n) is 3.60. The van der Waals surface area contributed by atoms with E-state index in [1.807, 2.05) is 41.5 Å². The first-order chi connectivity index (χ1) is 19.6. The minimum Gasteiger partial charge on any atom is -0.468 e. The van der Waals surface area contributed by atoms with Gasteiger partial charge in [-0.05, 0) is 55.2 Å². The average molecular weight is 598 g/mol. The first-order valence-electron chi connectivity index (χ1n) is 14.2. The smallest absolute Gasteiger partial charge is 0.468 e. The van der Waals surface area contributed by atoms with Crippen LogP contribution in [0.1, 0.15) is 73.3 Å². The van der Waals surface area contributed by atoms with E-state index in [-0.39, 0.29) is 50.1 Å². The lowest BCUT2D eigenvalue weighted by atomic mass is 9.86. The molecule has 2 N–H and O–H groups in total. The summed E-state index contributed by atoms with van der Waals surface area (Å²) < 4.78 is 36.1. The lowest BCUT2D eigenvalue weighted by Crippen LogP contribution is -2.53. The van der Waals surface area contributed by atoms with Gasteiger partial charge in [0.05, 0.1) is 26.9 Å². The van der Waals surface area contributed by atoms with Crippen molar-refractivity contribution in [3.8, 4) is 11.5 Å². The van der Waals surface area contributed by atoms with E-state index in [0.29, 0.717) is 30.2 Å². The number of ether oxygens (including phenoxy) is 7. The number of hydrogen-bond acceptors (Lipinski definition) is 12. The lowest BCUT2D eigenvalue weighted by Gasteiger charge is -2.29. The number of benzene rings is 1. The minimum atomic E-state index is -1.64. The van der Waals surface area contributed by atoms with Gasteiger partial charge in [0.2, 0.25) is 0 Å². The fourth-order valence-corrected chi connectivity index (χ4v) is 3.60. The summed E-state index contributed by atoms with van der Waals surface area (Å²) in [5.41, 5.74) is 5.28. The Kier molecular flexibility index (Phi) is 15.7. The van der Waals surface area contributed by atoms with Crippen LogP contribution in [0.4, 0.5) is 14.4 Å². The molecule has 1 aromatic rings. The number of carbonyl (C=O) groups excluding carboxylic acids is 4. The zero-order valence-electron chi connectivity index (χ0n) is 26.1. The molecule has 1 aromatic carbocycles. The highest BCUT2D eigenvalue weighted by Crippen LogP contribution is 2.32. The van der Waals surface area contributed by atoms with Crippen molar-refractivity contribution in [2.45, 2.75) is 85.8 Å². The molecule has 42 heavy (non-hydrogen) atoms. The third-order valence-electron chi connectivity index (χ3n) is 5.82. The molecule has 0 fully saturated rings. The molecule has 0 aliphatic heterocycles. The van der Waals surface area contributed by atoms with Crippen molar-refractivity contribution in [2.75, 3.05) is 26.9 Å². The average Bonchev–Trinajstić information content (AvgIpc) is 2.87. The highest BCUT2D eigenvalue weighted by molar-refractivity contribution is 5.81. The van der Waals surface area contributed by atoms with Crippen LogP contribution in [0, 0.1) is 17.8 Å². The van der Waals surface area contributed by atoms with E-state index in [1.165, 1.54) is 19.2 Å². The molecule has 0 spiro atoms. The Balaban J connectivity index is 3.16. The normalized spacial score (nSPS) is 13.2. The molecule has 1 unspecified atom stereocenters. The summed E-state index contributed by atoms with van der Waals surface area (Å²) in [5, 5.41) is 0. The number of hydrogen-bond donors (Lipinski definition) is 1. The summed E-state index contributed by atoms with van der Waals surface area (Å²) in [6.07, 6.45) is -2.60. The van der Waals surface area contributed by atoms with Crippen LogP contribution in [-0.2, 0) is 34.9 Å². The Labute approximate surface area is 248 Å². The quantitative estimate of drug-likeness (QED) is 0.139. The molecular formula is C30H47NO11. The van der Waals surface area contributed by atoms with E-state index in [1.54, 1.807) is 13.0 Å². The third kappa shape index (κ3) is 14.4. The van der Waals surface area contributed by atoms with Crippen LogP contribution in [-0.4, -0.2) is 63.0 Å². The molecular weight excluding hydrogens is 550 g/mol. The van der Waals surface area contributed by atoms with Crippen molar-refractivity contribution in [1.29, 1.82) is 0 Å². The molecule has 0 saturated heterocycles. The molecule has 12 nitrogen and oxygen atoms in total. The SMILES string of the molecule is COC(=O)C(N)(Cc1ccc(OC(=O)OCCC(C)C)c(OC(=O)OCCC(C)C)c1)C[C@H](C)OC(=O)OCC(C)C. The summed E-state index contributed by atoms with van der Waals surface area (Å²) >= 11 is 0. The summed E-state index contributed by atoms with van der Waals surface area (Å²) in [5.74, 6) is -0.245. The molecule has 1 rings (SSSR count). The third-order valence-corrected chi connectivity index (χ3v) is 5.82. The van der Waals surface area contributed by atoms with Crippen LogP contribution in [0.3, 0.4) is 0 Å². The summed E-state index contributed by atoms with van der Waals surface area (Å²) in [6.45, 7) is 13.7. The predicted molar refractivity (Wildman–Crippen MR) is 153 cm³/mol. The van der Waals surface area contributed by atoms with Crippen molar-refractivity contribution in [3.05, 3.63) is 23.8 Å². The first kappa shape index (κ1) is 36.5. The lowest BCUT2D eigenvalue weighted by molar-refractivity contribution is -0.148. The molecule has 0 bridgehead atoms. The number of rotatable bonds is 16. The molecule has 0 aliphatic carbocycles. The van der Waals surface area contributed by atoms with Crippen molar-refractivity contribution in [3.63, 3.8) is 0 Å². The second-order valence-electron chi connectivity index (χ2n) is 11.5. The summed E-state index contributed by atoms with van der Waals surface area (Å²) in [4.78, 5) is 49.4. The van der Waals surface area contributed by atoms with E-state index >= 15 is 0 Å². The van der Waals surface area contributed by atoms with Gasteiger partial charge in [0.15, 0.2) is 11.5 Å². The molecule has 0 aliphatic rings. The van der Waals surface area contributed by atoms with Gasteiger partial charge in [-0.2, -0.15) is 0 Å². The van der Waals surface area contributed by atoms with Gasteiger partial charge in [0, 0.05) is 12.8 Å². The van der Waals surface area contributed by atoms with Gasteiger partial charge in [-0.3, -0.25) is 4.79 Å². The molecule has 2 atom stereocenters. The van der Waals surface area contributed by atoms with Crippen LogP contribution in [0.2, 0.25) is 0 Å². The number of esters is 1. The van der Waals surface area contributed by atoms with Crippen LogP contribution in [0.25, 0.3) is 0 Å². The van der Waals surface area contributed by atoms with Gasteiger partial charge in [-0.15, -0.1) is 0 Å². The second kappa shape index (κ2) is 18.1. The summed E-state index contributed by atoms with van der Waals surface area (Å²) in [6, 6.07) is 4.32. The monoisotopic (exact) mass is 597 g/mol. The highest BCUT2D eigenvalue weighted by Gasteiger charge is 2.38. The Morgan fingerprint density at radius 2 is 1.31 bits per heavy atom. The van der Waals surface area contributed by atoms with Gasteiger partial charge in [-0.1, -0.05) is 47.6 Å². The second-order valence-corrected chi connectivity index (χ2v) is 11.5. The maximum atomic E-state index is 12.8. The largest absolute Gasteiger partial charge is 0.513 e. The molecule has 12 heteroatoms. The number of carbonyl (C=O) groups is 4. The number of nitrogens with two attached hydrogens (primary N) is 1. The molecule has 0 radical (unpaired) electrons. The van der Waals surface area contributed by atoms with Crippen LogP contribution in [0.5, 0.6) is 11.5 Å². The Bertz CT molecular complexity index is 1020. The highest BCUT2D eigenvalue weighted by atomic mass is 16.7. The van der Waals surface area contributed by atoms with Gasteiger partial charge in [0.1, 0.15) is 11.6 Å².